The molecule has 3 rings (SSSR count). The highest BCUT2D eigenvalue weighted by Gasteiger charge is 2.31. The van der Waals surface area contributed by atoms with Crippen molar-refractivity contribution in [3.8, 4) is 17.0 Å². The second kappa shape index (κ2) is 9.28. The first-order valence-corrected chi connectivity index (χ1v) is 9.87. The summed E-state index contributed by atoms with van der Waals surface area (Å²) in [4.78, 5) is 15.5. The Labute approximate surface area is 166 Å². The highest BCUT2D eigenvalue weighted by atomic mass is 19.1. The lowest BCUT2D eigenvalue weighted by molar-refractivity contribution is -0.119. The average molecular weight is 385 g/mol. The van der Waals surface area contributed by atoms with Gasteiger partial charge in [-0.15, -0.1) is 0 Å². The number of halogens is 1. The van der Waals surface area contributed by atoms with Crippen LogP contribution in [0.25, 0.3) is 11.1 Å². The van der Waals surface area contributed by atoms with E-state index >= 15 is 0 Å². The maximum absolute atomic E-state index is 13.2. The Morgan fingerprint density at radius 1 is 1.25 bits per heavy atom. The zero-order valence-electron chi connectivity index (χ0n) is 16.8. The third-order valence-corrected chi connectivity index (χ3v) is 5.21. The van der Waals surface area contributed by atoms with Gasteiger partial charge in [-0.25, -0.2) is 9.37 Å². The molecular formula is C23H28FNO3. The summed E-state index contributed by atoms with van der Waals surface area (Å²) in [7, 11) is 0. The summed E-state index contributed by atoms with van der Waals surface area (Å²) in [5, 5.41) is 0. The number of aromatic nitrogens is 1. The molecule has 5 heteroatoms. The number of ether oxygens (including phenoxy) is 2. The molecule has 0 amide bonds. The van der Waals surface area contributed by atoms with Crippen LogP contribution in [0.2, 0.25) is 0 Å². The number of benzene rings is 1. The third kappa shape index (κ3) is 5.38. The molecule has 1 aliphatic rings. The lowest BCUT2D eigenvalue weighted by Crippen LogP contribution is -2.36. The van der Waals surface area contributed by atoms with E-state index in [2.05, 4.69) is 4.98 Å². The van der Waals surface area contributed by atoms with Gasteiger partial charge >= 0.3 is 0 Å². The van der Waals surface area contributed by atoms with Gasteiger partial charge in [-0.1, -0.05) is 19.1 Å². The number of hydrogen-bond donors (Lipinski definition) is 0. The van der Waals surface area contributed by atoms with Crippen LogP contribution in [-0.4, -0.2) is 30.1 Å². The number of carbonyl (C=O) groups is 1. The Morgan fingerprint density at radius 3 is 2.64 bits per heavy atom. The van der Waals surface area contributed by atoms with Crippen LogP contribution in [-0.2, 0) is 9.53 Å². The SMILES string of the molecule is CC(=O)C[C@@H](C)COC1CC(COc2nccc(-c3ccc(F)cc3)c2C)C1. The standard InChI is InChI=1S/C23H28FNO3/c1-15(10-16(2)26)13-27-21-11-18(12-21)14-28-23-17(3)22(8-9-25-23)19-4-6-20(24)7-5-19/h4-9,15,18,21H,10-14H2,1-3H3/t15-,18?,21?/m1/s1. The molecule has 0 radical (unpaired) electrons. The molecule has 1 heterocycles. The van der Waals surface area contributed by atoms with Crippen LogP contribution in [0.15, 0.2) is 36.5 Å². The van der Waals surface area contributed by atoms with Crippen LogP contribution < -0.4 is 4.74 Å². The van der Waals surface area contributed by atoms with Gasteiger partial charge in [0.15, 0.2) is 0 Å². The first kappa shape index (κ1) is 20.5. The van der Waals surface area contributed by atoms with Crippen LogP contribution in [0.1, 0.15) is 38.7 Å². The average Bonchev–Trinajstić information content (AvgIpc) is 2.61. The molecule has 0 bridgehead atoms. The van der Waals surface area contributed by atoms with Crippen LogP contribution in [0.3, 0.4) is 0 Å². The maximum Gasteiger partial charge on any atom is 0.216 e. The van der Waals surface area contributed by atoms with E-state index in [1.165, 1.54) is 12.1 Å². The Morgan fingerprint density at radius 2 is 1.96 bits per heavy atom. The van der Waals surface area contributed by atoms with Gasteiger partial charge in [0.25, 0.3) is 0 Å². The molecule has 1 aromatic carbocycles. The summed E-state index contributed by atoms with van der Waals surface area (Å²) in [5.41, 5.74) is 2.90. The highest BCUT2D eigenvalue weighted by Crippen LogP contribution is 2.33. The number of pyridine rings is 1. The predicted molar refractivity (Wildman–Crippen MR) is 107 cm³/mol. The highest BCUT2D eigenvalue weighted by molar-refractivity contribution is 5.75. The Bertz CT molecular complexity index is 800. The van der Waals surface area contributed by atoms with Crippen molar-refractivity contribution >= 4 is 5.78 Å². The summed E-state index contributed by atoms with van der Waals surface area (Å²) in [6, 6.07) is 8.37. The smallest absolute Gasteiger partial charge is 0.216 e. The molecule has 2 aromatic rings. The van der Waals surface area contributed by atoms with E-state index in [1.54, 1.807) is 25.3 Å². The summed E-state index contributed by atoms with van der Waals surface area (Å²) in [6.45, 7) is 6.89. The molecule has 0 N–H and O–H groups in total. The van der Waals surface area contributed by atoms with Crippen molar-refractivity contribution in [3.05, 3.63) is 47.9 Å². The van der Waals surface area contributed by atoms with E-state index in [0.717, 1.165) is 29.5 Å². The van der Waals surface area contributed by atoms with Gasteiger partial charge in [0, 0.05) is 24.8 Å². The lowest BCUT2D eigenvalue weighted by atomic mass is 9.83. The second-order valence-corrected chi connectivity index (χ2v) is 7.91. The molecule has 0 aliphatic heterocycles. The number of hydrogen-bond acceptors (Lipinski definition) is 4. The van der Waals surface area contributed by atoms with Crippen LogP contribution in [0.5, 0.6) is 5.88 Å². The predicted octanol–water partition coefficient (Wildman–Crippen LogP) is 4.99. The molecule has 0 saturated heterocycles. The van der Waals surface area contributed by atoms with Gasteiger partial charge in [-0.3, -0.25) is 0 Å². The first-order valence-electron chi connectivity index (χ1n) is 9.87. The van der Waals surface area contributed by atoms with Gasteiger partial charge in [-0.2, -0.15) is 0 Å². The molecule has 4 nitrogen and oxygen atoms in total. The second-order valence-electron chi connectivity index (χ2n) is 7.91. The molecule has 1 fully saturated rings. The number of carbonyl (C=O) groups excluding carboxylic acids is 1. The molecule has 1 saturated carbocycles. The minimum absolute atomic E-state index is 0.210. The van der Waals surface area contributed by atoms with Crippen molar-refractivity contribution in [3.63, 3.8) is 0 Å². The van der Waals surface area contributed by atoms with Gasteiger partial charge in [-0.05, 0) is 67.9 Å². The normalized spacial score (nSPS) is 19.7. The first-order chi connectivity index (χ1) is 13.4. The zero-order valence-corrected chi connectivity index (χ0v) is 16.8. The number of nitrogens with zero attached hydrogens (tertiary/aromatic N) is 1. The quantitative estimate of drug-likeness (QED) is 0.610. The van der Waals surface area contributed by atoms with E-state index in [9.17, 15) is 9.18 Å². The lowest BCUT2D eigenvalue weighted by Gasteiger charge is -2.35. The van der Waals surface area contributed by atoms with Crippen LogP contribution in [0, 0.1) is 24.6 Å². The number of rotatable bonds is 9. The number of ketones is 1. The Kier molecular flexibility index (Phi) is 6.79. The summed E-state index contributed by atoms with van der Waals surface area (Å²) in [5.74, 6) is 1.32. The minimum Gasteiger partial charge on any atom is -0.477 e. The molecule has 1 aliphatic carbocycles. The van der Waals surface area contributed by atoms with E-state index in [0.29, 0.717) is 31.4 Å². The van der Waals surface area contributed by atoms with Crippen molar-refractivity contribution < 1.29 is 18.7 Å². The van der Waals surface area contributed by atoms with E-state index < -0.39 is 0 Å². The Balaban J connectivity index is 1.47. The maximum atomic E-state index is 13.2. The number of Topliss-reactive ketones (excluding diaryl/α,β-unsaturated/α-hetero) is 1. The van der Waals surface area contributed by atoms with E-state index in [4.69, 9.17) is 9.47 Å². The molecule has 28 heavy (non-hydrogen) atoms. The van der Waals surface area contributed by atoms with Gasteiger partial charge in [0.2, 0.25) is 5.88 Å². The summed E-state index contributed by atoms with van der Waals surface area (Å²) < 4.78 is 25.0. The Hall–Kier alpha value is -2.27. The van der Waals surface area contributed by atoms with Crippen molar-refractivity contribution in [2.24, 2.45) is 11.8 Å². The van der Waals surface area contributed by atoms with Crippen molar-refractivity contribution in [2.45, 2.75) is 46.1 Å². The fourth-order valence-electron chi connectivity index (χ4n) is 3.60. The van der Waals surface area contributed by atoms with Crippen molar-refractivity contribution in [2.75, 3.05) is 13.2 Å². The van der Waals surface area contributed by atoms with Crippen molar-refractivity contribution in [1.29, 1.82) is 0 Å². The largest absolute Gasteiger partial charge is 0.477 e. The van der Waals surface area contributed by atoms with E-state index in [-0.39, 0.29) is 23.6 Å². The zero-order chi connectivity index (χ0) is 20.1. The third-order valence-electron chi connectivity index (χ3n) is 5.21. The molecular weight excluding hydrogens is 357 g/mol. The summed E-state index contributed by atoms with van der Waals surface area (Å²) >= 11 is 0. The monoisotopic (exact) mass is 385 g/mol. The molecule has 150 valence electrons. The van der Waals surface area contributed by atoms with E-state index in [1.807, 2.05) is 19.9 Å². The fourth-order valence-corrected chi connectivity index (χ4v) is 3.60. The summed E-state index contributed by atoms with van der Waals surface area (Å²) in [6.07, 6.45) is 4.52. The van der Waals surface area contributed by atoms with Gasteiger partial charge < -0.3 is 14.3 Å². The van der Waals surface area contributed by atoms with Crippen LogP contribution >= 0.6 is 0 Å². The fraction of sp³-hybridized carbons (Fsp3) is 0.478. The van der Waals surface area contributed by atoms with Crippen molar-refractivity contribution in [1.82, 2.24) is 4.98 Å². The molecule has 0 unspecified atom stereocenters. The molecule has 1 aromatic heterocycles. The van der Waals surface area contributed by atoms with Gasteiger partial charge in [0.05, 0.1) is 12.7 Å². The minimum atomic E-state index is -0.246. The topological polar surface area (TPSA) is 48.4 Å². The van der Waals surface area contributed by atoms with Gasteiger partial charge in [0.1, 0.15) is 11.6 Å². The molecule has 0 spiro atoms. The van der Waals surface area contributed by atoms with Crippen LogP contribution in [0.4, 0.5) is 4.39 Å². The molecule has 1 atom stereocenters.